The Morgan fingerprint density at radius 1 is 0.692 bits per heavy atom. The number of nitrogens with two attached hydrogens (primary N) is 1. The van der Waals surface area contributed by atoms with Gasteiger partial charge in [0, 0.05) is 5.54 Å². The standard InChI is InChI=1S/C12H27N/c1-6-11(7-2,8-3)12(13,9-4)10-5/h6-10,13H2,1-5H3. The molecule has 0 aromatic rings. The summed E-state index contributed by atoms with van der Waals surface area (Å²) in [4.78, 5) is 0. The van der Waals surface area contributed by atoms with Gasteiger partial charge in [-0.05, 0) is 37.5 Å². The van der Waals surface area contributed by atoms with Gasteiger partial charge in [0.15, 0.2) is 0 Å². The highest BCUT2D eigenvalue weighted by molar-refractivity contribution is 4.98. The van der Waals surface area contributed by atoms with Crippen LogP contribution in [-0.2, 0) is 0 Å². The summed E-state index contributed by atoms with van der Waals surface area (Å²) in [5.41, 5.74) is 6.91. The highest BCUT2D eigenvalue weighted by Crippen LogP contribution is 2.43. The molecule has 0 aromatic heterocycles. The Bertz CT molecular complexity index is 124. The summed E-state index contributed by atoms with van der Waals surface area (Å²) in [7, 11) is 0. The largest absolute Gasteiger partial charge is 0.325 e. The predicted molar refractivity (Wildman–Crippen MR) is 60.8 cm³/mol. The molecule has 0 saturated heterocycles. The molecule has 0 amide bonds. The van der Waals surface area contributed by atoms with Gasteiger partial charge in [-0.25, -0.2) is 0 Å². The van der Waals surface area contributed by atoms with Gasteiger partial charge in [0.2, 0.25) is 0 Å². The lowest BCUT2D eigenvalue weighted by molar-refractivity contribution is 0.0897. The molecule has 0 saturated carbocycles. The van der Waals surface area contributed by atoms with Crippen LogP contribution < -0.4 is 5.73 Å². The van der Waals surface area contributed by atoms with Crippen molar-refractivity contribution in [3.63, 3.8) is 0 Å². The van der Waals surface area contributed by atoms with Crippen LogP contribution in [0.1, 0.15) is 66.7 Å². The summed E-state index contributed by atoms with van der Waals surface area (Å²) in [6.45, 7) is 11.3. The summed E-state index contributed by atoms with van der Waals surface area (Å²) in [6.07, 6.45) is 5.81. The molecule has 0 atom stereocenters. The van der Waals surface area contributed by atoms with Crippen molar-refractivity contribution in [3.8, 4) is 0 Å². The van der Waals surface area contributed by atoms with Gasteiger partial charge in [-0.1, -0.05) is 34.6 Å². The van der Waals surface area contributed by atoms with Crippen LogP contribution in [0.5, 0.6) is 0 Å². The van der Waals surface area contributed by atoms with Crippen LogP contribution in [-0.4, -0.2) is 5.54 Å². The summed E-state index contributed by atoms with van der Waals surface area (Å²) in [5.74, 6) is 0. The summed E-state index contributed by atoms with van der Waals surface area (Å²) < 4.78 is 0. The molecule has 13 heavy (non-hydrogen) atoms. The van der Waals surface area contributed by atoms with Crippen molar-refractivity contribution in [2.75, 3.05) is 0 Å². The molecule has 2 N–H and O–H groups in total. The molecule has 0 spiro atoms. The molecule has 1 nitrogen and oxygen atoms in total. The van der Waals surface area contributed by atoms with Crippen LogP contribution in [0.3, 0.4) is 0 Å². The van der Waals surface area contributed by atoms with Gasteiger partial charge in [0.25, 0.3) is 0 Å². The predicted octanol–water partition coefficient (Wildman–Crippen LogP) is 3.72. The Kier molecular flexibility index (Phi) is 4.98. The van der Waals surface area contributed by atoms with E-state index >= 15 is 0 Å². The van der Waals surface area contributed by atoms with Gasteiger partial charge in [0.05, 0.1) is 0 Å². The zero-order valence-corrected chi connectivity index (χ0v) is 10.1. The number of hydrogen-bond donors (Lipinski definition) is 1. The highest BCUT2D eigenvalue weighted by atomic mass is 14.8. The van der Waals surface area contributed by atoms with E-state index in [1.54, 1.807) is 0 Å². The maximum absolute atomic E-state index is 6.51. The number of rotatable bonds is 6. The van der Waals surface area contributed by atoms with E-state index in [0.29, 0.717) is 5.41 Å². The molecule has 0 aliphatic heterocycles. The molecule has 0 fully saturated rings. The minimum Gasteiger partial charge on any atom is -0.325 e. The van der Waals surface area contributed by atoms with Crippen molar-refractivity contribution in [2.24, 2.45) is 11.1 Å². The van der Waals surface area contributed by atoms with Crippen molar-refractivity contribution in [1.29, 1.82) is 0 Å². The molecule has 0 heterocycles. The minimum absolute atomic E-state index is 0.0469. The Morgan fingerprint density at radius 3 is 1.08 bits per heavy atom. The fourth-order valence-electron chi connectivity index (χ4n) is 2.81. The van der Waals surface area contributed by atoms with Crippen LogP contribution in [0, 0.1) is 5.41 Å². The molecule has 0 radical (unpaired) electrons. The van der Waals surface area contributed by atoms with Crippen molar-refractivity contribution in [1.82, 2.24) is 0 Å². The van der Waals surface area contributed by atoms with Crippen LogP contribution in [0.2, 0.25) is 0 Å². The second-order valence-electron chi connectivity index (χ2n) is 4.20. The van der Waals surface area contributed by atoms with Gasteiger partial charge >= 0.3 is 0 Å². The Labute approximate surface area is 84.1 Å². The second-order valence-corrected chi connectivity index (χ2v) is 4.20. The molecule has 0 rings (SSSR count). The maximum Gasteiger partial charge on any atom is 0.0205 e. The van der Waals surface area contributed by atoms with Crippen molar-refractivity contribution < 1.29 is 0 Å². The minimum atomic E-state index is 0.0469. The quantitative estimate of drug-likeness (QED) is 0.670. The second kappa shape index (κ2) is 4.99. The molecule has 0 aliphatic carbocycles. The van der Waals surface area contributed by atoms with Crippen LogP contribution >= 0.6 is 0 Å². The zero-order valence-electron chi connectivity index (χ0n) is 10.1. The third-order valence-electron chi connectivity index (χ3n) is 4.35. The molecule has 80 valence electrons. The van der Waals surface area contributed by atoms with E-state index < -0.39 is 0 Å². The van der Waals surface area contributed by atoms with E-state index in [1.807, 2.05) is 0 Å². The fourth-order valence-corrected chi connectivity index (χ4v) is 2.81. The Morgan fingerprint density at radius 2 is 1.00 bits per heavy atom. The Balaban J connectivity index is 4.87. The zero-order chi connectivity index (χ0) is 10.5. The fraction of sp³-hybridized carbons (Fsp3) is 1.00. The summed E-state index contributed by atoms with van der Waals surface area (Å²) >= 11 is 0. The highest BCUT2D eigenvalue weighted by Gasteiger charge is 2.41. The topological polar surface area (TPSA) is 26.0 Å². The number of hydrogen-bond acceptors (Lipinski definition) is 1. The van der Waals surface area contributed by atoms with Crippen molar-refractivity contribution in [3.05, 3.63) is 0 Å². The lowest BCUT2D eigenvalue weighted by Gasteiger charge is -2.47. The summed E-state index contributed by atoms with van der Waals surface area (Å²) in [5, 5.41) is 0. The van der Waals surface area contributed by atoms with E-state index in [4.69, 9.17) is 5.73 Å². The lowest BCUT2D eigenvalue weighted by atomic mass is 9.62. The molecular formula is C12H27N. The van der Waals surface area contributed by atoms with Crippen LogP contribution in [0.4, 0.5) is 0 Å². The first kappa shape index (κ1) is 13.0. The van der Waals surface area contributed by atoms with E-state index in [9.17, 15) is 0 Å². The van der Waals surface area contributed by atoms with E-state index in [-0.39, 0.29) is 5.54 Å². The molecule has 1 heteroatoms. The normalized spacial score (nSPS) is 13.4. The molecule has 0 unspecified atom stereocenters. The smallest absolute Gasteiger partial charge is 0.0205 e. The first-order valence-electron chi connectivity index (χ1n) is 5.84. The van der Waals surface area contributed by atoms with Gasteiger partial charge in [0.1, 0.15) is 0 Å². The van der Waals surface area contributed by atoms with Crippen molar-refractivity contribution >= 4 is 0 Å². The third-order valence-corrected chi connectivity index (χ3v) is 4.35. The van der Waals surface area contributed by atoms with Gasteiger partial charge in [-0.3, -0.25) is 0 Å². The van der Waals surface area contributed by atoms with Gasteiger partial charge < -0.3 is 5.73 Å². The average Bonchev–Trinajstić information content (AvgIpc) is 2.20. The Hall–Kier alpha value is -0.0400. The SMILES string of the molecule is CCC(N)(CC)C(CC)(CC)CC. The van der Waals surface area contributed by atoms with Crippen LogP contribution in [0.25, 0.3) is 0 Å². The van der Waals surface area contributed by atoms with Crippen LogP contribution in [0.15, 0.2) is 0 Å². The summed E-state index contributed by atoms with van der Waals surface area (Å²) in [6, 6.07) is 0. The van der Waals surface area contributed by atoms with Gasteiger partial charge in [-0.2, -0.15) is 0 Å². The molecule has 0 bridgehead atoms. The molecular weight excluding hydrogens is 158 g/mol. The van der Waals surface area contributed by atoms with Crippen molar-refractivity contribution in [2.45, 2.75) is 72.3 Å². The van der Waals surface area contributed by atoms with E-state index in [0.717, 1.165) is 12.8 Å². The van der Waals surface area contributed by atoms with Gasteiger partial charge in [-0.15, -0.1) is 0 Å². The first-order valence-corrected chi connectivity index (χ1v) is 5.84. The van der Waals surface area contributed by atoms with E-state index in [1.165, 1.54) is 19.3 Å². The monoisotopic (exact) mass is 185 g/mol. The maximum atomic E-state index is 6.51. The molecule has 0 aromatic carbocycles. The van der Waals surface area contributed by atoms with E-state index in [2.05, 4.69) is 34.6 Å². The third kappa shape index (κ3) is 2.07. The first-order chi connectivity index (χ1) is 6.05. The molecule has 0 aliphatic rings. The lowest BCUT2D eigenvalue weighted by Crippen LogP contribution is -2.54. The average molecular weight is 185 g/mol.